The zero-order valence-electron chi connectivity index (χ0n) is 9.50. The molecule has 0 saturated heterocycles. The molecule has 4 heteroatoms. The second-order valence-electron chi connectivity index (χ2n) is 3.81. The minimum atomic E-state index is -0.326. The Hall–Kier alpha value is -1.25. The molecule has 0 aliphatic heterocycles. The lowest BCUT2D eigenvalue weighted by Gasteiger charge is -2.08. The van der Waals surface area contributed by atoms with Crippen molar-refractivity contribution in [2.45, 2.75) is 12.5 Å². The summed E-state index contributed by atoms with van der Waals surface area (Å²) in [6.45, 7) is 0.225. The van der Waals surface area contributed by atoms with Crippen molar-refractivity contribution in [2.24, 2.45) is 0 Å². The molecule has 2 aromatic rings. The maximum Gasteiger partial charge on any atom is 0.123 e. The van der Waals surface area contributed by atoms with Crippen LogP contribution in [-0.4, -0.2) is 0 Å². The second-order valence-corrected chi connectivity index (χ2v) is 4.48. The standard InChI is InChI=1S/C14H11Cl2FO/c15-8-10-2-1-3-13(6-10)18-9-11-7-12(17)4-5-14(11)16/h1-7H,8-9H2. The number of alkyl halides is 1. The van der Waals surface area contributed by atoms with Crippen molar-refractivity contribution in [3.8, 4) is 5.75 Å². The average molecular weight is 285 g/mol. The van der Waals surface area contributed by atoms with Gasteiger partial charge >= 0.3 is 0 Å². The Balaban J connectivity index is 2.08. The third kappa shape index (κ3) is 3.37. The smallest absolute Gasteiger partial charge is 0.123 e. The van der Waals surface area contributed by atoms with Gasteiger partial charge in [-0.15, -0.1) is 11.6 Å². The summed E-state index contributed by atoms with van der Waals surface area (Å²) in [6.07, 6.45) is 0. The van der Waals surface area contributed by atoms with Gasteiger partial charge in [-0.1, -0.05) is 23.7 Å². The summed E-state index contributed by atoms with van der Waals surface area (Å²) in [7, 11) is 0. The Kier molecular flexibility index (Phi) is 4.45. The van der Waals surface area contributed by atoms with E-state index in [0.29, 0.717) is 22.2 Å². The Morgan fingerprint density at radius 2 is 1.94 bits per heavy atom. The van der Waals surface area contributed by atoms with Gasteiger partial charge in [0.15, 0.2) is 0 Å². The molecule has 0 amide bonds. The van der Waals surface area contributed by atoms with Crippen molar-refractivity contribution in [1.29, 1.82) is 0 Å². The van der Waals surface area contributed by atoms with E-state index in [1.54, 1.807) is 0 Å². The van der Waals surface area contributed by atoms with Crippen LogP contribution in [0.1, 0.15) is 11.1 Å². The van der Waals surface area contributed by atoms with Crippen molar-refractivity contribution < 1.29 is 9.13 Å². The predicted octanol–water partition coefficient (Wildman–Crippen LogP) is 4.80. The van der Waals surface area contributed by atoms with E-state index in [0.717, 1.165) is 5.56 Å². The highest BCUT2D eigenvalue weighted by molar-refractivity contribution is 6.31. The van der Waals surface area contributed by atoms with E-state index in [-0.39, 0.29) is 12.4 Å². The number of hydrogen-bond donors (Lipinski definition) is 0. The zero-order valence-corrected chi connectivity index (χ0v) is 11.0. The first kappa shape index (κ1) is 13.2. The number of halogens is 3. The number of benzene rings is 2. The summed E-state index contributed by atoms with van der Waals surface area (Å²) in [6, 6.07) is 11.6. The van der Waals surface area contributed by atoms with Crippen LogP contribution in [0.15, 0.2) is 42.5 Å². The molecule has 0 atom stereocenters. The molecule has 0 radical (unpaired) electrons. The van der Waals surface area contributed by atoms with Crippen LogP contribution in [0.25, 0.3) is 0 Å². The van der Waals surface area contributed by atoms with E-state index >= 15 is 0 Å². The molecule has 2 rings (SSSR count). The number of hydrogen-bond acceptors (Lipinski definition) is 1. The third-order valence-electron chi connectivity index (χ3n) is 2.45. The first-order valence-corrected chi connectivity index (χ1v) is 6.32. The summed E-state index contributed by atoms with van der Waals surface area (Å²) in [5, 5.41) is 0.491. The van der Waals surface area contributed by atoms with E-state index in [1.807, 2.05) is 24.3 Å². The van der Waals surface area contributed by atoms with Crippen molar-refractivity contribution in [2.75, 3.05) is 0 Å². The molecule has 2 aromatic carbocycles. The largest absolute Gasteiger partial charge is 0.489 e. The number of ether oxygens (including phenoxy) is 1. The van der Waals surface area contributed by atoms with E-state index in [1.165, 1.54) is 18.2 Å². The zero-order chi connectivity index (χ0) is 13.0. The van der Waals surface area contributed by atoms with Gasteiger partial charge < -0.3 is 4.74 Å². The molecule has 0 bridgehead atoms. The van der Waals surface area contributed by atoms with Gasteiger partial charge in [0.25, 0.3) is 0 Å². The fourth-order valence-electron chi connectivity index (χ4n) is 1.53. The van der Waals surface area contributed by atoms with Crippen LogP contribution < -0.4 is 4.74 Å². The van der Waals surface area contributed by atoms with Gasteiger partial charge in [-0.25, -0.2) is 4.39 Å². The van der Waals surface area contributed by atoms with Crippen LogP contribution in [-0.2, 0) is 12.5 Å². The molecule has 0 aliphatic carbocycles. The molecule has 0 N–H and O–H groups in total. The molecule has 0 aromatic heterocycles. The van der Waals surface area contributed by atoms with Gasteiger partial charge in [-0.05, 0) is 35.9 Å². The van der Waals surface area contributed by atoms with E-state index in [4.69, 9.17) is 27.9 Å². The maximum absolute atomic E-state index is 13.1. The lowest BCUT2D eigenvalue weighted by molar-refractivity contribution is 0.305. The monoisotopic (exact) mass is 284 g/mol. The second kappa shape index (κ2) is 6.07. The van der Waals surface area contributed by atoms with Crippen molar-refractivity contribution in [1.82, 2.24) is 0 Å². The SMILES string of the molecule is Fc1ccc(Cl)c(COc2cccc(CCl)c2)c1. The molecule has 0 unspecified atom stereocenters. The molecule has 0 saturated carbocycles. The van der Waals surface area contributed by atoms with Gasteiger partial charge in [0, 0.05) is 16.5 Å². The maximum atomic E-state index is 13.1. The Morgan fingerprint density at radius 3 is 2.72 bits per heavy atom. The Bertz CT molecular complexity index is 543. The van der Waals surface area contributed by atoms with Crippen molar-refractivity contribution in [3.05, 3.63) is 64.4 Å². The first-order valence-electron chi connectivity index (χ1n) is 5.40. The van der Waals surface area contributed by atoms with E-state index < -0.39 is 0 Å². The summed E-state index contributed by atoms with van der Waals surface area (Å²) in [5.74, 6) is 0.791. The van der Waals surface area contributed by atoms with Crippen LogP contribution in [0.2, 0.25) is 5.02 Å². The van der Waals surface area contributed by atoms with Crippen LogP contribution in [0.4, 0.5) is 4.39 Å². The van der Waals surface area contributed by atoms with Gasteiger partial charge in [-0.3, -0.25) is 0 Å². The van der Waals surface area contributed by atoms with Crippen LogP contribution in [0.5, 0.6) is 5.75 Å². The molecule has 0 spiro atoms. The van der Waals surface area contributed by atoms with Crippen LogP contribution in [0, 0.1) is 5.82 Å². The quantitative estimate of drug-likeness (QED) is 0.733. The molecule has 0 aliphatic rings. The molecule has 1 nitrogen and oxygen atoms in total. The highest BCUT2D eigenvalue weighted by atomic mass is 35.5. The molecular weight excluding hydrogens is 274 g/mol. The molecule has 94 valence electrons. The molecular formula is C14H11Cl2FO. The summed E-state index contributed by atoms with van der Waals surface area (Å²) < 4.78 is 18.6. The average Bonchev–Trinajstić information content (AvgIpc) is 2.40. The summed E-state index contributed by atoms with van der Waals surface area (Å²) >= 11 is 11.7. The van der Waals surface area contributed by atoms with Gasteiger partial charge in [-0.2, -0.15) is 0 Å². The molecule has 0 fully saturated rings. The fraction of sp³-hybridized carbons (Fsp3) is 0.143. The third-order valence-corrected chi connectivity index (χ3v) is 3.13. The topological polar surface area (TPSA) is 9.23 Å². The predicted molar refractivity (Wildman–Crippen MR) is 71.7 cm³/mol. The fourth-order valence-corrected chi connectivity index (χ4v) is 1.87. The molecule has 0 heterocycles. The van der Waals surface area contributed by atoms with Gasteiger partial charge in [0.05, 0.1) is 0 Å². The summed E-state index contributed by atoms with van der Waals surface area (Å²) in [4.78, 5) is 0. The van der Waals surface area contributed by atoms with E-state index in [2.05, 4.69) is 0 Å². The Morgan fingerprint density at radius 1 is 1.11 bits per heavy atom. The van der Waals surface area contributed by atoms with Crippen molar-refractivity contribution >= 4 is 23.2 Å². The lowest BCUT2D eigenvalue weighted by Crippen LogP contribution is -1.97. The minimum Gasteiger partial charge on any atom is -0.489 e. The Labute approximate surface area is 115 Å². The van der Waals surface area contributed by atoms with Gasteiger partial charge in [0.2, 0.25) is 0 Å². The number of rotatable bonds is 4. The normalized spacial score (nSPS) is 10.4. The van der Waals surface area contributed by atoms with Crippen molar-refractivity contribution in [3.63, 3.8) is 0 Å². The van der Waals surface area contributed by atoms with Gasteiger partial charge in [0.1, 0.15) is 18.2 Å². The first-order chi connectivity index (χ1) is 8.69. The molecule has 18 heavy (non-hydrogen) atoms. The minimum absolute atomic E-state index is 0.225. The lowest BCUT2D eigenvalue weighted by atomic mass is 10.2. The summed E-state index contributed by atoms with van der Waals surface area (Å²) in [5.41, 5.74) is 1.59. The van der Waals surface area contributed by atoms with E-state index in [9.17, 15) is 4.39 Å². The highest BCUT2D eigenvalue weighted by Crippen LogP contribution is 2.21. The van der Waals surface area contributed by atoms with Crippen LogP contribution in [0.3, 0.4) is 0 Å². The highest BCUT2D eigenvalue weighted by Gasteiger charge is 2.03. The van der Waals surface area contributed by atoms with Crippen LogP contribution >= 0.6 is 23.2 Å².